The van der Waals surface area contributed by atoms with Crippen LogP contribution in [0.15, 0.2) is 0 Å². The molecule has 0 radical (unpaired) electrons. The molecule has 7 nitrogen and oxygen atoms in total. The number of urea groups is 2. The first-order valence-electron chi connectivity index (χ1n) is 10.2. The highest BCUT2D eigenvalue weighted by atomic mass is 16.2. The van der Waals surface area contributed by atoms with Crippen LogP contribution in [-0.2, 0) is 4.79 Å². The van der Waals surface area contributed by atoms with E-state index in [0.29, 0.717) is 37.4 Å². The zero-order chi connectivity index (χ0) is 18.3. The van der Waals surface area contributed by atoms with E-state index in [-0.39, 0.29) is 18.0 Å². The lowest BCUT2D eigenvalue weighted by atomic mass is 9.98. The van der Waals surface area contributed by atoms with Crippen LogP contribution < -0.4 is 10.6 Å². The largest absolute Gasteiger partial charge is 0.338 e. The molecule has 0 bridgehead atoms. The third-order valence-electron chi connectivity index (χ3n) is 6.52. The maximum Gasteiger partial charge on any atom is 0.325 e. The summed E-state index contributed by atoms with van der Waals surface area (Å²) in [5, 5.41) is 5.85. The fourth-order valence-corrected chi connectivity index (χ4v) is 4.78. The van der Waals surface area contributed by atoms with Gasteiger partial charge in [0.15, 0.2) is 0 Å². The van der Waals surface area contributed by atoms with E-state index in [0.717, 1.165) is 25.7 Å². The molecule has 1 saturated heterocycles. The third kappa shape index (κ3) is 3.28. The molecule has 5 amide bonds. The molecule has 0 aromatic heterocycles. The number of rotatable bonds is 7. The van der Waals surface area contributed by atoms with E-state index in [1.807, 2.05) is 11.9 Å². The highest BCUT2D eigenvalue weighted by molar-refractivity contribution is 6.07. The second-order valence-corrected chi connectivity index (χ2v) is 8.54. The van der Waals surface area contributed by atoms with E-state index in [9.17, 15) is 14.4 Å². The van der Waals surface area contributed by atoms with Gasteiger partial charge in [-0.15, -0.1) is 0 Å². The van der Waals surface area contributed by atoms with E-state index >= 15 is 0 Å². The third-order valence-corrected chi connectivity index (χ3v) is 6.52. The maximum atomic E-state index is 12.6. The summed E-state index contributed by atoms with van der Waals surface area (Å²) in [5.74, 6) is 1.30. The molecule has 4 fully saturated rings. The van der Waals surface area contributed by atoms with Gasteiger partial charge in [0.05, 0.1) is 0 Å². The monoisotopic (exact) mass is 362 g/mol. The maximum absolute atomic E-state index is 12.6. The van der Waals surface area contributed by atoms with E-state index in [1.54, 1.807) is 0 Å². The SMILES string of the molecule is CN(C(=O)NCCCN1C(=O)NC2(CCCC2)C1=O)C(C1CC1)C1CC1. The zero-order valence-electron chi connectivity index (χ0n) is 15.6. The first-order valence-corrected chi connectivity index (χ1v) is 10.2. The van der Waals surface area contributed by atoms with Crippen LogP contribution >= 0.6 is 0 Å². The Hall–Kier alpha value is -1.79. The van der Waals surface area contributed by atoms with Gasteiger partial charge in [0.2, 0.25) is 0 Å². The summed E-state index contributed by atoms with van der Waals surface area (Å²) in [4.78, 5) is 40.4. The van der Waals surface area contributed by atoms with E-state index in [2.05, 4.69) is 10.6 Å². The predicted octanol–water partition coefficient (Wildman–Crippen LogP) is 2.07. The Morgan fingerprint density at radius 3 is 2.42 bits per heavy atom. The van der Waals surface area contributed by atoms with Crippen LogP contribution in [0.4, 0.5) is 9.59 Å². The lowest BCUT2D eigenvalue weighted by Gasteiger charge is -2.28. The molecule has 144 valence electrons. The van der Waals surface area contributed by atoms with E-state index < -0.39 is 5.54 Å². The molecule has 2 N–H and O–H groups in total. The van der Waals surface area contributed by atoms with Crippen LogP contribution in [0.5, 0.6) is 0 Å². The Bertz CT molecular complexity index is 582. The van der Waals surface area contributed by atoms with Crippen molar-refractivity contribution in [2.24, 2.45) is 11.8 Å². The molecule has 4 rings (SSSR count). The first kappa shape index (κ1) is 17.6. The quantitative estimate of drug-likeness (QED) is 0.537. The van der Waals surface area contributed by atoms with Gasteiger partial charge in [0, 0.05) is 26.2 Å². The average molecular weight is 362 g/mol. The number of imide groups is 1. The van der Waals surface area contributed by atoms with Gasteiger partial charge < -0.3 is 15.5 Å². The molecule has 4 aliphatic rings. The van der Waals surface area contributed by atoms with Crippen molar-refractivity contribution < 1.29 is 14.4 Å². The molecule has 0 aromatic carbocycles. The minimum atomic E-state index is -0.637. The summed E-state index contributed by atoms with van der Waals surface area (Å²) in [6.07, 6.45) is 9.04. The minimum absolute atomic E-state index is 0.0294. The van der Waals surface area contributed by atoms with Gasteiger partial charge in [0.25, 0.3) is 5.91 Å². The number of carbonyl (C=O) groups is 3. The van der Waals surface area contributed by atoms with Crippen LogP contribution in [0.1, 0.15) is 57.8 Å². The smallest absolute Gasteiger partial charge is 0.325 e. The Kier molecular flexibility index (Phi) is 4.57. The van der Waals surface area contributed by atoms with Crippen molar-refractivity contribution in [2.75, 3.05) is 20.1 Å². The summed E-state index contributed by atoms with van der Waals surface area (Å²) in [5.41, 5.74) is -0.637. The van der Waals surface area contributed by atoms with Crippen LogP contribution in [-0.4, -0.2) is 59.5 Å². The van der Waals surface area contributed by atoms with Crippen molar-refractivity contribution in [1.29, 1.82) is 0 Å². The average Bonchev–Trinajstić information content (AvgIpc) is 3.55. The Balaban J connectivity index is 1.22. The fourth-order valence-electron chi connectivity index (χ4n) is 4.78. The van der Waals surface area contributed by atoms with E-state index in [4.69, 9.17) is 0 Å². The molecule has 0 atom stereocenters. The van der Waals surface area contributed by atoms with Gasteiger partial charge in [-0.1, -0.05) is 12.8 Å². The number of carbonyl (C=O) groups excluding carboxylic acids is 3. The molecule has 1 heterocycles. The van der Waals surface area contributed by atoms with Gasteiger partial charge in [0.1, 0.15) is 5.54 Å². The zero-order valence-corrected chi connectivity index (χ0v) is 15.6. The molecular weight excluding hydrogens is 332 g/mol. The van der Waals surface area contributed by atoms with Crippen molar-refractivity contribution >= 4 is 18.0 Å². The molecule has 0 unspecified atom stereocenters. The number of nitrogens with zero attached hydrogens (tertiary/aromatic N) is 2. The van der Waals surface area contributed by atoms with Crippen molar-refractivity contribution in [1.82, 2.24) is 20.4 Å². The second kappa shape index (κ2) is 6.74. The normalized spacial score (nSPS) is 24.5. The van der Waals surface area contributed by atoms with Crippen molar-refractivity contribution in [3.63, 3.8) is 0 Å². The molecule has 0 aromatic rings. The lowest BCUT2D eigenvalue weighted by Crippen LogP contribution is -2.46. The highest BCUT2D eigenvalue weighted by Gasteiger charge is 2.52. The number of hydrogen-bond donors (Lipinski definition) is 2. The summed E-state index contributed by atoms with van der Waals surface area (Å²) in [6.45, 7) is 0.848. The molecule has 3 aliphatic carbocycles. The summed E-state index contributed by atoms with van der Waals surface area (Å²) in [6, 6.07) is 0.0873. The Morgan fingerprint density at radius 2 is 1.85 bits per heavy atom. The standard InChI is InChI=1S/C19H30N4O3/c1-22(15(13-5-6-13)14-7-8-14)17(25)20-11-4-12-23-16(24)19(21-18(23)26)9-2-3-10-19/h13-15H,2-12H2,1H3,(H,20,25)(H,21,26). The van der Waals surface area contributed by atoms with E-state index in [1.165, 1.54) is 30.6 Å². The molecule has 7 heteroatoms. The molecule has 26 heavy (non-hydrogen) atoms. The van der Waals surface area contributed by atoms with Gasteiger partial charge in [-0.2, -0.15) is 0 Å². The van der Waals surface area contributed by atoms with Crippen LogP contribution in [0.25, 0.3) is 0 Å². The minimum Gasteiger partial charge on any atom is -0.338 e. The van der Waals surface area contributed by atoms with Crippen LogP contribution in [0.2, 0.25) is 0 Å². The summed E-state index contributed by atoms with van der Waals surface area (Å²) < 4.78 is 0. The Morgan fingerprint density at radius 1 is 1.23 bits per heavy atom. The molecule has 1 spiro atoms. The van der Waals surface area contributed by atoms with Gasteiger partial charge in [-0.05, 0) is 56.8 Å². The topological polar surface area (TPSA) is 81.8 Å². The van der Waals surface area contributed by atoms with Crippen LogP contribution in [0.3, 0.4) is 0 Å². The molecule has 1 aliphatic heterocycles. The van der Waals surface area contributed by atoms with Gasteiger partial charge in [-0.3, -0.25) is 9.69 Å². The second-order valence-electron chi connectivity index (χ2n) is 8.54. The molecule has 3 saturated carbocycles. The lowest BCUT2D eigenvalue weighted by molar-refractivity contribution is -0.131. The Labute approximate surface area is 154 Å². The van der Waals surface area contributed by atoms with Crippen molar-refractivity contribution in [2.45, 2.75) is 69.4 Å². The first-order chi connectivity index (χ1) is 12.5. The van der Waals surface area contributed by atoms with Gasteiger partial charge in [-0.25, -0.2) is 9.59 Å². The number of amides is 5. The van der Waals surface area contributed by atoms with Gasteiger partial charge >= 0.3 is 12.1 Å². The van der Waals surface area contributed by atoms with Crippen molar-refractivity contribution in [3.8, 4) is 0 Å². The number of nitrogens with one attached hydrogen (secondary N) is 2. The highest BCUT2D eigenvalue weighted by Crippen LogP contribution is 2.46. The van der Waals surface area contributed by atoms with Crippen LogP contribution in [0, 0.1) is 11.8 Å². The summed E-state index contributed by atoms with van der Waals surface area (Å²) in [7, 11) is 1.90. The van der Waals surface area contributed by atoms with Crippen molar-refractivity contribution in [3.05, 3.63) is 0 Å². The predicted molar refractivity (Wildman–Crippen MR) is 96.5 cm³/mol. The number of hydrogen-bond acceptors (Lipinski definition) is 3. The summed E-state index contributed by atoms with van der Waals surface area (Å²) >= 11 is 0. The molecular formula is C19H30N4O3. The fraction of sp³-hybridized carbons (Fsp3) is 0.842.